The van der Waals surface area contributed by atoms with Crippen molar-refractivity contribution in [3.05, 3.63) is 59.5 Å². The first kappa shape index (κ1) is 18.9. The van der Waals surface area contributed by atoms with Crippen LogP contribution in [0, 0.1) is 0 Å². The van der Waals surface area contributed by atoms with Gasteiger partial charge in [0.2, 0.25) is 0 Å². The monoisotopic (exact) mass is 381 g/mol. The topological polar surface area (TPSA) is 54.5 Å². The number of nitrogens with one attached hydrogen (secondary N) is 1. The summed E-state index contributed by atoms with van der Waals surface area (Å²) in [5, 5.41) is 6.01. The summed E-state index contributed by atoms with van der Waals surface area (Å²) in [6, 6.07) is 14.8. The lowest BCUT2D eigenvalue weighted by atomic mass is 10.1. The van der Waals surface area contributed by atoms with E-state index >= 15 is 0 Å². The van der Waals surface area contributed by atoms with Gasteiger partial charge in [0, 0.05) is 35.3 Å². The molecule has 1 amide bonds. The standard InChI is InChI=1S/C21H23N3O2S/c1-4-24(5-2)21-23-19(14-27-21)15-6-10-17(11-7-15)22-20(25)16-8-12-18(26-3)13-9-16/h6-14H,4-5H2,1-3H3,(H,22,25). The fourth-order valence-corrected chi connectivity index (χ4v) is 3.67. The van der Waals surface area contributed by atoms with E-state index < -0.39 is 0 Å². The summed E-state index contributed by atoms with van der Waals surface area (Å²) in [6.45, 7) is 6.15. The van der Waals surface area contributed by atoms with Crippen molar-refractivity contribution < 1.29 is 9.53 Å². The molecule has 5 nitrogen and oxygen atoms in total. The number of nitrogens with zero attached hydrogens (tertiary/aromatic N) is 2. The normalized spacial score (nSPS) is 10.5. The Morgan fingerprint density at radius 2 is 1.74 bits per heavy atom. The van der Waals surface area contributed by atoms with E-state index in [0.717, 1.165) is 40.9 Å². The highest BCUT2D eigenvalue weighted by Gasteiger charge is 2.10. The van der Waals surface area contributed by atoms with Crippen LogP contribution >= 0.6 is 11.3 Å². The Labute approximate surface area is 163 Å². The summed E-state index contributed by atoms with van der Waals surface area (Å²) < 4.78 is 5.11. The number of thiazole rings is 1. The Kier molecular flexibility index (Phi) is 6.08. The van der Waals surface area contributed by atoms with Crippen molar-refractivity contribution in [3.63, 3.8) is 0 Å². The molecular formula is C21H23N3O2S. The number of anilines is 2. The molecule has 1 N–H and O–H groups in total. The van der Waals surface area contributed by atoms with Crippen molar-refractivity contribution in [1.29, 1.82) is 0 Å². The van der Waals surface area contributed by atoms with Gasteiger partial charge in [-0.2, -0.15) is 0 Å². The molecular weight excluding hydrogens is 358 g/mol. The Morgan fingerprint density at radius 3 is 2.33 bits per heavy atom. The summed E-state index contributed by atoms with van der Waals surface area (Å²) in [4.78, 5) is 19.3. The van der Waals surface area contributed by atoms with E-state index in [2.05, 4.69) is 29.4 Å². The van der Waals surface area contributed by atoms with Gasteiger partial charge in [-0.1, -0.05) is 12.1 Å². The molecule has 1 heterocycles. The molecule has 1 aromatic heterocycles. The maximum atomic E-state index is 12.3. The Morgan fingerprint density at radius 1 is 1.07 bits per heavy atom. The molecule has 0 bridgehead atoms. The van der Waals surface area contributed by atoms with Crippen molar-refractivity contribution >= 4 is 28.1 Å². The number of rotatable bonds is 7. The zero-order chi connectivity index (χ0) is 19.2. The van der Waals surface area contributed by atoms with Crippen molar-refractivity contribution in [2.24, 2.45) is 0 Å². The number of benzene rings is 2. The predicted molar refractivity (Wildman–Crippen MR) is 112 cm³/mol. The Hall–Kier alpha value is -2.86. The minimum atomic E-state index is -0.150. The molecule has 0 aliphatic heterocycles. The molecule has 3 rings (SSSR count). The van der Waals surface area contributed by atoms with Gasteiger partial charge >= 0.3 is 0 Å². The van der Waals surface area contributed by atoms with Crippen molar-refractivity contribution in [2.45, 2.75) is 13.8 Å². The molecule has 0 fully saturated rings. The molecule has 6 heteroatoms. The molecule has 27 heavy (non-hydrogen) atoms. The summed E-state index contributed by atoms with van der Waals surface area (Å²) in [5.74, 6) is 0.575. The van der Waals surface area contributed by atoms with Gasteiger partial charge in [0.15, 0.2) is 5.13 Å². The number of ether oxygens (including phenoxy) is 1. The molecule has 0 unspecified atom stereocenters. The second kappa shape index (κ2) is 8.68. The number of hydrogen-bond donors (Lipinski definition) is 1. The van der Waals surface area contributed by atoms with Crippen molar-refractivity contribution in [3.8, 4) is 17.0 Å². The van der Waals surface area contributed by atoms with Gasteiger partial charge in [-0.25, -0.2) is 4.98 Å². The van der Waals surface area contributed by atoms with Crippen LogP contribution in [0.15, 0.2) is 53.9 Å². The minimum Gasteiger partial charge on any atom is -0.497 e. The minimum absolute atomic E-state index is 0.150. The SMILES string of the molecule is CCN(CC)c1nc(-c2ccc(NC(=O)c3ccc(OC)cc3)cc2)cs1. The number of carbonyl (C=O) groups is 1. The quantitative estimate of drug-likeness (QED) is 0.631. The van der Waals surface area contributed by atoms with Crippen LogP contribution in [0.1, 0.15) is 24.2 Å². The number of methoxy groups -OCH3 is 1. The molecule has 0 radical (unpaired) electrons. The average Bonchev–Trinajstić information content (AvgIpc) is 3.19. The van der Waals surface area contributed by atoms with Crippen LogP contribution in [0.4, 0.5) is 10.8 Å². The van der Waals surface area contributed by atoms with E-state index in [1.807, 2.05) is 24.3 Å². The fourth-order valence-electron chi connectivity index (χ4n) is 2.71. The van der Waals surface area contributed by atoms with Crippen LogP contribution in [-0.4, -0.2) is 31.1 Å². The summed E-state index contributed by atoms with van der Waals surface area (Å²) >= 11 is 1.65. The van der Waals surface area contributed by atoms with Gasteiger partial charge in [0.1, 0.15) is 5.75 Å². The number of aromatic nitrogens is 1. The van der Waals surface area contributed by atoms with Crippen LogP contribution in [0.25, 0.3) is 11.3 Å². The lowest BCUT2D eigenvalue weighted by Crippen LogP contribution is -2.21. The van der Waals surface area contributed by atoms with Gasteiger partial charge in [-0.05, 0) is 50.2 Å². The second-order valence-corrected chi connectivity index (χ2v) is 6.78. The van der Waals surface area contributed by atoms with Crippen LogP contribution in [-0.2, 0) is 0 Å². The highest BCUT2D eigenvalue weighted by atomic mass is 32.1. The van der Waals surface area contributed by atoms with E-state index in [4.69, 9.17) is 9.72 Å². The Bertz CT molecular complexity index is 885. The van der Waals surface area contributed by atoms with Gasteiger partial charge < -0.3 is 15.0 Å². The highest BCUT2D eigenvalue weighted by Crippen LogP contribution is 2.28. The van der Waals surface area contributed by atoms with Gasteiger partial charge in [0.05, 0.1) is 12.8 Å². The lowest BCUT2D eigenvalue weighted by molar-refractivity contribution is 0.102. The summed E-state index contributed by atoms with van der Waals surface area (Å²) in [6.07, 6.45) is 0. The third-order valence-electron chi connectivity index (χ3n) is 4.32. The zero-order valence-corrected chi connectivity index (χ0v) is 16.5. The molecule has 0 aliphatic rings. The molecule has 0 saturated carbocycles. The average molecular weight is 382 g/mol. The molecule has 2 aromatic carbocycles. The third kappa shape index (κ3) is 4.46. The van der Waals surface area contributed by atoms with Crippen LogP contribution in [0.3, 0.4) is 0 Å². The van der Waals surface area contributed by atoms with Gasteiger partial charge in [-0.15, -0.1) is 11.3 Å². The molecule has 3 aromatic rings. The van der Waals surface area contributed by atoms with Gasteiger partial charge in [-0.3, -0.25) is 4.79 Å². The highest BCUT2D eigenvalue weighted by molar-refractivity contribution is 7.14. The molecule has 0 saturated heterocycles. The first-order valence-corrected chi connectivity index (χ1v) is 9.78. The predicted octanol–water partition coefficient (Wildman–Crippen LogP) is 4.92. The fraction of sp³-hybridized carbons (Fsp3) is 0.238. The smallest absolute Gasteiger partial charge is 0.255 e. The first-order chi connectivity index (χ1) is 13.1. The van der Waals surface area contributed by atoms with Gasteiger partial charge in [0.25, 0.3) is 5.91 Å². The number of carbonyl (C=O) groups excluding carboxylic acids is 1. The van der Waals surface area contributed by atoms with Crippen LogP contribution in [0.2, 0.25) is 0 Å². The summed E-state index contributed by atoms with van der Waals surface area (Å²) in [7, 11) is 1.60. The molecule has 140 valence electrons. The number of hydrogen-bond acceptors (Lipinski definition) is 5. The largest absolute Gasteiger partial charge is 0.497 e. The van der Waals surface area contributed by atoms with Crippen molar-refractivity contribution in [2.75, 3.05) is 30.4 Å². The second-order valence-electron chi connectivity index (χ2n) is 5.95. The third-order valence-corrected chi connectivity index (χ3v) is 5.22. The molecule has 0 atom stereocenters. The summed E-state index contributed by atoms with van der Waals surface area (Å²) in [5.41, 5.74) is 3.32. The van der Waals surface area contributed by atoms with Crippen molar-refractivity contribution in [1.82, 2.24) is 4.98 Å². The lowest BCUT2D eigenvalue weighted by Gasteiger charge is -2.16. The van der Waals surface area contributed by atoms with E-state index in [1.54, 1.807) is 42.7 Å². The maximum absolute atomic E-state index is 12.3. The number of amides is 1. The van der Waals surface area contributed by atoms with E-state index in [0.29, 0.717) is 5.56 Å². The van der Waals surface area contributed by atoms with E-state index in [-0.39, 0.29) is 5.91 Å². The molecule has 0 spiro atoms. The van der Waals surface area contributed by atoms with E-state index in [9.17, 15) is 4.79 Å². The Balaban J connectivity index is 1.69. The van der Waals surface area contributed by atoms with Crippen LogP contribution < -0.4 is 15.0 Å². The van der Waals surface area contributed by atoms with E-state index in [1.165, 1.54) is 0 Å². The maximum Gasteiger partial charge on any atom is 0.255 e. The molecule has 0 aliphatic carbocycles. The first-order valence-electron chi connectivity index (χ1n) is 8.91. The zero-order valence-electron chi connectivity index (χ0n) is 15.7. The van der Waals surface area contributed by atoms with Crippen LogP contribution in [0.5, 0.6) is 5.75 Å².